The van der Waals surface area contributed by atoms with Crippen molar-refractivity contribution in [2.75, 3.05) is 25.0 Å². The van der Waals surface area contributed by atoms with Crippen LogP contribution < -0.4 is 5.32 Å². The van der Waals surface area contributed by atoms with Gasteiger partial charge < -0.3 is 15.0 Å². The normalized spacial score (nSPS) is 14.5. The molecule has 2 aromatic carbocycles. The number of ether oxygens (including phenoxy) is 1. The fourth-order valence-electron chi connectivity index (χ4n) is 3.20. The number of benzene rings is 2. The second-order valence-corrected chi connectivity index (χ2v) is 7.13. The molecule has 0 unspecified atom stereocenters. The maximum Gasteiger partial charge on any atom is 0.309 e. The summed E-state index contributed by atoms with van der Waals surface area (Å²) in [5.41, 5.74) is 0.992. The summed E-state index contributed by atoms with van der Waals surface area (Å²) in [5.74, 6) is -3.82. The lowest BCUT2D eigenvalue weighted by Gasteiger charge is -2.30. The van der Waals surface area contributed by atoms with Gasteiger partial charge >= 0.3 is 5.97 Å². The van der Waals surface area contributed by atoms with Crippen LogP contribution in [0, 0.1) is 17.6 Å². The average Bonchev–Trinajstić information content (AvgIpc) is 2.79. The summed E-state index contributed by atoms with van der Waals surface area (Å²) >= 11 is 0. The number of amides is 2. The van der Waals surface area contributed by atoms with E-state index in [1.54, 1.807) is 11.0 Å². The molecule has 0 aliphatic carbocycles. The minimum absolute atomic E-state index is 0.0651. The van der Waals surface area contributed by atoms with E-state index in [0.717, 1.165) is 17.7 Å². The van der Waals surface area contributed by atoms with E-state index in [1.807, 2.05) is 30.3 Å². The number of carbonyl (C=O) groups excluding carboxylic acids is 3. The SMILES string of the molecule is O=C(COC(=O)C1CCN(C(=O)/C=C/c2ccccc2)CC1)Nc1ccc(F)c(F)c1. The molecule has 0 radical (unpaired) electrons. The Kier molecular flexibility index (Phi) is 7.48. The molecule has 0 saturated carbocycles. The molecule has 0 atom stereocenters. The number of halogens is 2. The fraction of sp³-hybridized carbons (Fsp3) is 0.261. The van der Waals surface area contributed by atoms with Crippen molar-refractivity contribution in [2.45, 2.75) is 12.8 Å². The monoisotopic (exact) mass is 428 g/mol. The highest BCUT2D eigenvalue weighted by Crippen LogP contribution is 2.19. The Morgan fingerprint density at radius 3 is 2.42 bits per heavy atom. The molecule has 3 rings (SSSR count). The molecule has 1 fully saturated rings. The van der Waals surface area contributed by atoms with Crippen molar-refractivity contribution in [2.24, 2.45) is 5.92 Å². The number of nitrogens with zero attached hydrogens (tertiary/aromatic N) is 1. The van der Waals surface area contributed by atoms with Gasteiger partial charge in [0.1, 0.15) is 0 Å². The van der Waals surface area contributed by atoms with Gasteiger partial charge in [0.15, 0.2) is 18.2 Å². The van der Waals surface area contributed by atoms with E-state index in [0.29, 0.717) is 25.9 Å². The Hall–Kier alpha value is -3.55. The molecule has 2 aromatic rings. The highest BCUT2D eigenvalue weighted by Gasteiger charge is 2.28. The van der Waals surface area contributed by atoms with Crippen LogP contribution in [-0.2, 0) is 19.1 Å². The van der Waals surface area contributed by atoms with Crippen LogP contribution in [0.1, 0.15) is 18.4 Å². The van der Waals surface area contributed by atoms with Gasteiger partial charge in [-0.15, -0.1) is 0 Å². The third kappa shape index (κ3) is 6.47. The van der Waals surface area contributed by atoms with Gasteiger partial charge in [-0.2, -0.15) is 0 Å². The number of rotatable bonds is 6. The molecule has 1 N–H and O–H groups in total. The van der Waals surface area contributed by atoms with E-state index < -0.39 is 36.0 Å². The quantitative estimate of drug-likeness (QED) is 0.565. The van der Waals surface area contributed by atoms with Gasteiger partial charge in [-0.3, -0.25) is 14.4 Å². The van der Waals surface area contributed by atoms with E-state index in [4.69, 9.17) is 4.74 Å². The van der Waals surface area contributed by atoms with Crippen LogP contribution in [0.15, 0.2) is 54.6 Å². The second-order valence-electron chi connectivity index (χ2n) is 7.13. The van der Waals surface area contributed by atoms with Crippen LogP contribution in [-0.4, -0.2) is 42.4 Å². The molecule has 1 heterocycles. The lowest BCUT2D eigenvalue weighted by molar-refractivity contribution is -0.153. The summed E-state index contributed by atoms with van der Waals surface area (Å²) in [4.78, 5) is 38.0. The molecule has 1 aliphatic heterocycles. The predicted octanol–water partition coefficient (Wildman–Crippen LogP) is 3.40. The van der Waals surface area contributed by atoms with Gasteiger partial charge in [-0.1, -0.05) is 30.3 Å². The molecule has 8 heteroatoms. The number of hydrogen-bond donors (Lipinski definition) is 1. The average molecular weight is 428 g/mol. The molecule has 0 bridgehead atoms. The van der Waals surface area contributed by atoms with Crippen LogP contribution in [0.25, 0.3) is 6.08 Å². The van der Waals surface area contributed by atoms with Crippen molar-refractivity contribution in [1.82, 2.24) is 4.90 Å². The van der Waals surface area contributed by atoms with E-state index >= 15 is 0 Å². The first kappa shape index (κ1) is 22.1. The van der Waals surface area contributed by atoms with E-state index in [1.165, 1.54) is 12.1 Å². The van der Waals surface area contributed by atoms with Crippen LogP contribution in [0.4, 0.5) is 14.5 Å². The van der Waals surface area contributed by atoms with Crippen molar-refractivity contribution in [3.8, 4) is 0 Å². The first-order valence-electron chi connectivity index (χ1n) is 9.86. The van der Waals surface area contributed by atoms with Gasteiger partial charge in [0.05, 0.1) is 5.92 Å². The first-order chi connectivity index (χ1) is 14.9. The Morgan fingerprint density at radius 2 is 1.74 bits per heavy atom. The third-order valence-electron chi connectivity index (χ3n) is 4.91. The highest BCUT2D eigenvalue weighted by atomic mass is 19.2. The molecule has 31 heavy (non-hydrogen) atoms. The van der Waals surface area contributed by atoms with Crippen molar-refractivity contribution < 1.29 is 27.9 Å². The minimum Gasteiger partial charge on any atom is -0.455 e. The standard InChI is InChI=1S/C23H22F2N2O4/c24-19-8-7-18(14-20(19)25)26-21(28)15-31-23(30)17-10-12-27(13-11-17)22(29)9-6-16-4-2-1-3-5-16/h1-9,14,17H,10-13,15H2,(H,26,28)/b9-6+. The second kappa shape index (κ2) is 10.5. The summed E-state index contributed by atoms with van der Waals surface area (Å²) in [6, 6.07) is 12.4. The van der Waals surface area contributed by atoms with Crippen molar-refractivity contribution >= 4 is 29.5 Å². The maximum absolute atomic E-state index is 13.2. The van der Waals surface area contributed by atoms with Crippen molar-refractivity contribution in [3.05, 3.63) is 71.8 Å². The van der Waals surface area contributed by atoms with Crippen molar-refractivity contribution in [3.63, 3.8) is 0 Å². The van der Waals surface area contributed by atoms with Crippen LogP contribution >= 0.6 is 0 Å². The molecular weight excluding hydrogens is 406 g/mol. The lowest BCUT2D eigenvalue weighted by atomic mass is 9.97. The minimum atomic E-state index is -1.09. The molecule has 0 aromatic heterocycles. The summed E-state index contributed by atoms with van der Waals surface area (Å²) in [5, 5.41) is 2.33. The third-order valence-corrected chi connectivity index (χ3v) is 4.91. The van der Waals surface area contributed by atoms with Crippen LogP contribution in [0.2, 0.25) is 0 Å². The van der Waals surface area contributed by atoms with Gasteiger partial charge in [0.2, 0.25) is 5.91 Å². The highest BCUT2D eigenvalue weighted by molar-refractivity contribution is 5.93. The lowest BCUT2D eigenvalue weighted by Crippen LogP contribution is -2.40. The van der Waals surface area contributed by atoms with Crippen LogP contribution in [0.5, 0.6) is 0 Å². The van der Waals surface area contributed by atoms with E-state index in [-0.39, 0.29) is 11.6 Å². The number of anilines is 1. The number of hydrogen-bond acceptors (Lipinski definition) is 4. The molecule has 1 aliphatic rings. The molecule has 6 nitrogen and oxygen atoms in total. The molecule has 2 amide bonds. The molecule has 0 spiro atoms. The van der Waals surface area contributed by atoms with Crippen LogP contribution in [0.3, 0.4) is 0 Å². The van der Waals surface area contributed by atoms with Gasteiger partial charge in [-0.25, -0.2) is 8.78 Å². The topological polar surface area (TPSA) is 75.7 Å². The largest absolute Gasteiger partial charge is 0.455 e. The first-order valence-corrected chi connectivity index (χ1v) is 9.86. The maximum atomic E-state index is 13.2. The Balaban J connectivity index is 1.40. The number of esters is 1. The van der Waals surface area contributed by atoms with Gasteiger partial charge in [0.25, 0.3) is 5.91 Å². The Labute approximate surface area is 178 Å². The molecule has 162 valence electrons. The summed E-state index contributed by atoms with van der Waals surface area (Å²) < 4.78 is 31.1. The summed E-state index contributed by atoms with van der Waals surface area (Å²) in [6.07, 6.45) is 4.13. The molecule has 1 saturated heterocycles. The smallest absolute Gasteiger partial charge is 0.309 e. The number of likely N-dealkylation sites (tertiary alicyclic amines) is 1. The predicted molar refractivity (Wildman–Crippen MR) is 111 cm³/mol. The summed E-state index contributed by atoms with van der Waals surface area (Å²) in [6.45, 7) is 0.300. The van der Waals surface area contributed by atoms with Gasteiger partial charge in [0, 0.05) is 30.9 Å². The van der Waals surface area contributed by atoms with E-state index in [9.17, 15) is 23.2 Å². The molecular formula is C23H22F2N2O4. The zero-order chi connectivity index (χ0) is 22.2. The van der Waals surface area contributed by atoms with Gasteiger partial charge in [-0.05, 0) is 36.6 Å². The number of piperidine rings is 1. The summed E-state index contributed by atoms with van der Waals surface area (Å²) in [7, 11) is 0. The fourth-order valence-corrected chi connectivity index (χ4v) is 3.20. The van der Waals surface area contributed by atoms with E-state index in [2.05, 4.69) is 5.32 Å². The number of nitrogens with one attached hydrogen (secondary N) is 1. The Bertz CT molecular complexity index is 971. The zero-order valence-corrected chi connectivity index (χ0v) is 16.7. The zero-order valence-electron chi connectivity index (χ0n) is 16.7. The number of carbonyl (C=O) groups is 3. The Morgan fingerprint density at radius 1 is 1.03 bits per heavy atom. The van der Waals surface area contributed by atoms with Crippen molar-refractivity contribution in [1.29, 1.82) is 0 Å².